The van der Waals surface area contributed by atoms with E-state index in [4.69, 9.17) is 14.7 Å². The average Bonchev–Trinajstić information content (AvgIpc) is 4.06. The number of carbonyl (C=O) groups excluding carboxylic acids is 3. The van der Waals surface area contributed by atoms with Crippen molar-refractivity contribution in [3.63, 3.8) is 0 Å². The third kappa shape index (κ3) is 9.13. The number of aryl methyl sites for hydroxylation is 1. The van der Waals surface area contributed by atoms with Gasteiger partial charge in [0, 0.05) is 107 Å². The first-order chi connectivity index (χ1) is 35.1. The predicted molar refractivity (Wildman–Crippen MR) is 272 cm³/mol. The molecule has 7 heterocycles. The number of aliphatic hydroxyl groups is 1. The number of β-amino-alcohol motifs (C(OH)–C–C–N with tert-alkyl or cyclic N) is 1. The lowest BCUT2D eigenvalue weighted by molar-refractivity contribution is -0.136. The zero-order valence-electron chi connectivity index (χ0n) is 41.9. The number of anilines is 2. The number of likely N-dealkylation sites (tertiary alicyclic amines) is 1. The van der Waals surface area contributed by atoms with Crippen molar-refractivity contribution < 1.29 is 38.1 Å². The van der Waals surface area contributed by atoms with Crippen LogP contribution < -0.4 is 19.9 Å². The topological polar surface area (TPSA) is 168 Å². The van der Waals surface area contributed by atoms with Gasteiger partial charge in [-0.2, -0.15) is 9.97 Å². The van der Waals surface area contributed by atoms with E-state index in [0.717, 1.165) is 82.9 Å². The number of piperidine rings is 2. The van der Waals surface area contributed by atoms with Crippen molar-refractivity contribution in [2.45, 2.75) is 103 Å². The van der Waals surface area contributed by atoms with Gasteiger partial charge in [-0.25, -0.2) is 8.78 Å². The van der Waals surface area contributed by atoms with Crippen LogP contribution in [0.25, 0.3) is 32.9 Å². The van der Waals surface area contributed by atoms with Gasteiger partial charge in [-0.3, -0.25) is 29.6 Å². The number of carbonyl (C=O) groups is 3. The van der Waals surface area contributed by atoms with Crippen LogP contribution >= 0.6 is 0 Å². The van der Waals surface area contributed by atoms with E-state index in [-0.39, 0.29) is 58.1 Å². The van der Waals surface area contributed by atoms with Crippen LogP contribution in [0, 0.1) is 28.4 Å². The molecule has 3 N–H and O–H groups in total. The van der Waals surface area contributed by atoms with E-state index in [0.29, 0.717) is 89.9 Å². The zero-order valence-corrected chi connectivity index (χ0v) is 41.9. The Balaban J connectivity index is 0.660. The van der Waals surface area contributed by atoms with E-state index < -0.39 is 23.3 Å². The molecule has 4 saturated heterocycles. The molecule has 6 fully saturated rings. The first-order valence-corrected chi connectivity index (χ1v) is 26.5. The molecule has 5 aromatic rings. The number of imide groups is 1. The molecule has 2 atom stereocenters. The Morgan fingerprint density at radius 2 is 1.66 bits per heavy atom. The maximum Gasteiger partial charge on any atom is 0.319 e. The van der Waals surface area contributed by atoms with Gasteiger partial charge in [-0.05, 0) is 141 Å². The molecule has 3 aromatic carbocycles. The second kappa shape index (κ2) is 18.4. The van der Waals surface area contributed by atoms with E-state index >= 15 is 8.78 Å². The normalized spacial score (nSPS) is 24.4. The molecule has 73 heavy (non-hydrogen) atoms. The number of benzene rings is 3. The SMILES string of the molecule is CCc1c(F)ccc2cc(O)cc(-c3ncc4c(N5CCC[C@@](C)(O)C5)nc(OCC5(CN6CC7(CCC(CN8CCN(c9ccc%10c(c9)CN([C@H]9CCC(=O)NC9=O)C%10=O)CC8)CC7)C6)CC5)nc4c3F)c12. The highest BCUT2D eigenvalue weighted by atomic mass is 19.1. The maximum absolute atomic E-state index is 17.2. The summed E-state index contributed by atoms with van der Waals surface area (Å²) in [4.78, 5) is 62.8. The highest BCUT2D eigenvalue weighted by Crippen LogP contribution is 2.52. The van der Waals surface area contributed by atoms with Gasteiger partial charge in [-0.1, -0.05) is 13.0 Å². The van der Waals surface area contributed by atoms with Crippen molar-refractivity contribution in [3.8, 4) is 23.0 Å². The lowest BCUT2D eigenvalue weighted by Gasteiger charge is -2.55. The Kier molecular flexibility index (Phi) is 12.1. The molecule has 0 radical (unpaired) electrons. The van der Waals surface area contributed by atoms with Gasteiger partial charge in [0.05, 0.1) is 17.6 Å². The standard InChI is InChI=1S/C56H65F2N9O6/c1-3-39-43(57)8-5-35-24-38(68)25-41(46(35)39)48-47(58)49-42(26-59-48)50(66-18-4-13-54(2,72)29-66)62-53(61-49)73-33-56(16-17-56)32-64-30-55(31-64)14-11-34(12-15-55)27-63-19-21-65(22-20-63)37-6-7-40-36(23-37)28-67(52(40)71)44-9-10-45(69)60-51(44)70/h5-8,23-26,34,44,68,72H,3-4,9-22,27-33H2,1-2H3,(H,60,69,70)/t44-,54+/m0/s1. The molecule has 2 aliphatic carbocycles. The number of pyridine rings is 1. The molecule has 0 unspecified atom stereocenters. The van der Waals surface area contributed by atoms with Crippen LogP contribution in [0.15, 0.2) is 48.7 Å². The smallest absolute Gasteiger partial charge is 0.319 e. The predicted octanol–water partition coefficient (Wildman–Crippen LogP) is 6.98. The first kappa shape index (κ1) is 47.9. The third-order valence-electron chi connectivity index (χ3n) is 17.4. The number of amides is 3. The fourth-order valence-corrected chi connectivity index (χ4v) is 13.3. The lowest BCUT2D eigenvalue weighted by atomic mass is 9.65. The fourth-order valence-electron chi connectivity index (χ4n) is 13.3. The Bertz CT molecular complexity index is 3030. The number of nitrogens with one attached hydrogen (secondary N) is 1. The van der Waals surface area contributed by atoms with Crippen molar-refractivity contribution in [2.24, 2.45) is 16.7 Å². The lowest BCUT2D eigenvalue weighted by Crippen LogP contribution is -2.59. The van der Waals surface area contributed by atoms with Crippen LogP contribution in [-0.2, 0) is 22.6 Å². The Morgan fingerprint density at radius 1 is 0.863 bits per heavy atom. The Labute approximate surface area is 423 Å². The van der Waals surface area contributed by atoms with Crippen molar-refractivity contribution >= 4 is 50.9 Å². The summed E-state index contributed by atoms with van der Waals surface area (Å²) < 4.78 is 38.8. The van der Waals surface area contributed by atoms with E-state index in [1.165, 1.54) is 37.8 Å². The summed E-state index contributed by atoms with van der Waals surface area (Å²) in [7, 11) is 0. The number of piperazine rings is 1. The summed E-state index contributed by atoms with van der Waals surface area (Å²) in [5.41, 5.74) is 2.72. The van der Waals surface area contributed by atoms with Gasteiger partial charge < -0.3 is 34.5 Å². The highest BCUT2D eigenvalue weighted by Gasteiger charge is 2.51. The van der Waals surface area contributed by atoms with E-state index in [1.54, 1.807) is 30.2 Å². The summed E-state index contributed by atoms with van der Waals surface area (Å²) in [6, 6.07) is 11.4. The summed E-state index contributed by atoms with van der Waals surface area (Å²) in [6.45, 7) is 13.4. The minimum absolute atomic E-state index is 0.0194. The number of phenolic OH excluding ortho intramolecular Hbond substituents is 1. The molecule has 15 nitrogen and oxygen atoms in total. The second-order valence-electron chi connectivity index (χ2n) is 22.9. The van der Waals surface area contributed by atoms with E-state index in [1.807, 2.05) is 24.0 Å². The average molecular weight is 998 g/mol. The number of rotatable bonds is 12. The molecule has 2 saturated carbocycles. The van der Waals surface area contributed by atoms with Gasteiger partial charge >= 0.3 is 6.01 Å². The minimum atomic E-state index is -0.961. The van der Waals surface area contributed by atoms with Crippen LogP contribution in [0.1, 0.15) is 99.5 Å². The highest BCUT2D eigenvalue weighted by molar-refractivity contribution is 6.06. The van der Waals surface area contributed by atoms with Gasteiger partial charge in [-0.15, -0.1) is 0 Å². The third-order valence-corrected chi connectivity index (χ3v) is 17.4. The number of hydrogen-bond donors (Lipinski definition) is 3. The summed E-state index contributed by atoms with van der Waals surface area (Å²) in [5, 5.41) is 25.7. The molecule has 3 amide bonds. The molecule has 17 heteroatoms. The number of aromatic hydroxyl groups is 1. The van der Waals surface area contributed by atoms with Crippen molar-refractivity contribution in [2.75, 3.05) is 81.9 Å². The van der Waals surface area contributed by atoms with Crippen LogP contribution in [0.4, 0.5) is 20.3 Å². The largest absolute Gasteiger partial charge is 0.508 e. The monoisotopic (exact) mass is 998 g/mol. The Morgan fingerprint density at radius 3 is 2.40 bits per heavy atom. The molecule has 7 aliphatic rings. The molecular weight excluding hydrogens is 933 g/mol. The number of phenols is 1. The molecule has 5 aliphatic heterocycles. The number of ether oxygens (including phenoxy) is 1. The van der Waals surface area contributed by atoms with Crippen LogP contribution in [0.2, 0.25) is 0 Å². The number of nitrogens with zero attached hydrogens (tertiary/aromatic N) is 8. The molecule has 1 spiro atoms. The number of hydrogen-bond acceptors (Lipinski definition) is 13. The number of aromatic nitrogens is 3. The summed E-state index contributed by atoms with van der Waals surface area (Å²) >= 11 is 0. The van der Waals surface area contributed by atoms with Gasteiger partial charge in [0.1, 0.15) is 34.6 Å². The quantitative estimate of drug-likeness (QED) is 0.110. The number of halogens is 2. The molecule has 0 bridgehead atoms. The molecule has 12 rings (SSSR count). The Hall–Kier alpha value is -6.04. The molecule has 2 aromatic heterocycles. The van der Waals surface area contributed by atoms with Crippen LogP contribution in [-0.4, -0.2) is 141 Å². The molecular formula is C56H65F2N9O6. The van der Waals surface area contributed by atoms with Gasteiger partial charge in [0.15, 0.2) is 5.82 Å². The van der Waals surface area contributed by atoms with Crippen molar-refractivity contribution in [1.29, 1.82) is 0 Å². The minimum Gasteiger partial charge on any atom is -0.508 e. The van der Waals surface area contributed by atoms with Gasteiger partial charge in [0.2, 0.25) is 11.8 Å². The van der Waals surface area contributed by atoms with Crippen LogP contribution in [0.5, 0.6) is 11.8 Å². The second-order valence-corrected chi connectivity index (χ2v) is 22.9. The summed E-state index contributed by atoms with van der Waals surface area (Å²) in [6.07, 6.45) is 10.9. The van der Waals surface area contributed by atoms with E-state index in [2.05, 4.69) is 31.1 Å². The summed E-state index contributed by atoms with van der Waals surface area (Å²) in [5.74, 6) is -0.883. The maximum atomic E-state index is 17.2. The van der Waals surface area contributed by atoms with Crippen molar-refractivity contribution in [1.82, 2.24) is 35.0 Å². The number of fused-ring (bicyclic) bond motifs is 3. The molecule has 384 valence electrons. The van der Waals surface area contributed by atoms with Crippen LogP contribution in [0.3, 0.4) is 0 Å². The van der Waals surface area contributed by atoms with E-state index in [9.17, 15) is 24.6 Å². The zero-order chi connectivity index (χ0) is 50.4. The van der Waals surface area contributed by atoms with Crippen molar-refractivity contribution in [3.05, 3.63) is 77.0 Å². The first-order valence-electron chi connectivity index (χ1n) is 26.5. The fraction of sp³-hybridized carbons (Fsp3) is 0.536. The van der Waals surface area contributed by atoms with Gasteiger partial charge in [0.25, 0.3) is 5.91 Å².